The van der Waals surface area contributed by atoms with Gasteiger partial charge in [0.1, 0.15) is 22.8 Å². The predicted octanol–water partition coefficient (Wildman–Crippen LogP) is 3.00. The molecule has 0 spiro atoms. The van der Waals surface area contributed by atoms with Crippen LogP contribution in [0.5, 0.6) is 5.75 Å². The highest BCUT2D eigenvalue weighted by molar-refractivity contribution is 6.34. The first-order chi connectivity index (χ1) is 18.9. The molecule has 2 aliphatic rings. The highest BCUT2D eigenvalue weighted by atomic mass is 35.5. The average molecular weight is 552 g/mol. The number of hydrogen-bond donors (Lipinski definition) is 1. The van der Waals surface area contributed by atoms with Crippen molar-refractivity contribution in [2.45, 2.75) is 38.0 Å². The van der Waals surface area contributed by atoms with Crippen LogP contribution in [-0.2, 0) is 0 Å². The minimum Gasteiger partial charge on any atom is -0.479 e. The summed E-state index contributed by atoms with van der Waals surface area (Å²) in [6.45, 7) is 5.00. The molecule has 1 saturated carbocycles. The molecule has 5 heterocycles. The number of aliphatic hydroxyl groups is 1. The topological polar surface area (TPSA) is 121 Å². The molecular formula is C26H27ClFN9O2. The Morgan fingerprint density at radius 2 is 2.00 bits per heavy atom. The molecule has 2 fully saturated rings. The maximum atomic E-state index is 13.4. The summed E-state index contributed by atoms with van der Waals surface area (Å²) in [6.07, 6.45) is 7.79. The van der Waals surface area contributed by atoms with Gasteiger partial charge in [0.25, 0.3) is 0 Å². The van der Waals surface area contributed by atoms with Gasteiger partial charge in [-0.3, -0.25) is 9.88 Å². The molecule has 1 unspecified atom stereocenters. The number of pyridine rings is 2. The van der Waals surface area contributed by atoms with Gasteiger partial charge in [0, 0.05) is 44.0 Å². The van der Waals surface area contributed by atoms with Crippen LogP contribution < -0.4 is 4.74 Å². The van der Waals surface area contributed by atoms with Crippen molar-refractivity contribution in [3.8, 4) is 23.2 Å². The smallest absolute Gasteiger partial charge is 0.179 e. The van der Waals surface area contributed by atoms with E-state index in [9.17, 15) is 9.50 Å². The first-order valence-electron chi connectivity index (χ1n) is 12.8. The predicted molar refractivity (Wildman–Crippen MR) is 139 cm³/mol. The lowest BCUT2D eigenvalue weighted by molar-refractivity contribution is 0.0458. The zero-order valence-electron chi connectivity index (χ0n) is 21.3. The average Bonchev–Trinajstić information content (AvgIpc) is 3.49. The molecule has 6 rings (SSSR count). The summed E-state index contributed by atoms with van der Waals surface area (Å²) in [6, 6.07) is 5.29. The second-order valence-electron chi connectivity index (χ2n) is 9.94. The Hall–Kier alpha value is -3.79. The van der Waals surface area contributed by atoms with Crippen LogP contribution in [0.4, 0.5) is 4.39 Å². The molecule has 0 bridgehead atoms. The minimum absolute atomic E-state index is 0.257. The Bertz CT molecular complexity index is 1520. The Labute approximate surface area is 229 Å². The van der Waals surface area contributed by atoms with Crippen molar-refractivity contribution in [2.75, 3.05) is 32.8 Å². The van der Waals surface area contributed by atoms with E-state index in [0.29, 0.717) is 33.7 Å². The molecule has 4 aromatic rings. The van der Waals surface area contributed by atoms with Gasteiger partial charge in [-0.25, -0.2) is 13.6 Å². The number of hydrogen-bond acceptors (Lipinski definition) is 9. The lowest BCUT2D eigenvalue weighted by Crippen LogP contribution is -2.53. The molecule has 13 heteroatoms. The van der Waals surface area contributed by atoms with Gasteiger partial charge >= 0.3 is 0 Å². The number of piperazine rings is 1. The molecule has 11 nitrogen and oxygen atoms in total. The molecule has 1 atom stereocenters. The third-order valence-electron chi connectivity index (χ3n) is 7.65. The monoisotopic (exact) mass is 551 g/mol. The molecule has 0 radical (unpaired) electrons. The van der Waals surface area contributed by atoms with Crippen LogP contribution in [0.3, 0.4) is 0 Å². The lowest BCUT2D eigenvalue weighted by Gasteiger charge is -2.45. The van der Waals surface area contributed by atoms with Gasteiger partial charge < -0.3 is 14.7 Å². The van der Waals surface area contributed by atoms with Crippen molar-refractivity contribution in [3.63, 3.8) is 0 Å². The van der Waals surface area contributed by atoms with Gasteiger partial charge in [0.2, 0.25) is 0 Å². The zero-order chi connectivity index (χ0) is 27.1. The van der Waals surface area contributed by atoms with Crippen LogP contribution in [0.25, 0.3) is 16.8 Å². The number of fused-ring (bicyclic) bond motifs is 1. The fourth-order valence-electron chi connectivity index (χ4n) is 5.39. The lowest BCUT2D eigenvalue weighted by atomic mass is 9.85. The Balaban J connectivity index is 1.24. The number of nitrogens with zero attached hydrogens (tertiary/aromatic N) is 9. The van der Waals surface area contributed by atoms with Gasteiger partial charge in [-0.2, -0.15) is 10.4 Å². The fourth-order valence-corrected chi connectivity index (χ4v) is 5.61. The third kappa shape index (κ3) is 4.78. The van der Waals surface area contributed by atoms with Crippen molar-refractivity contribution in [1.29, 1.82) is 5.26 Å². The molecule has 1 aliphatic heterocycles. The first-order valence-corrected chi connectivity index (χ1v) is 13.2. The maximum Gasteiger partial charge on any atom is 0.179 e. The van der Waals surface area contributed by atoms with Gasteiger partial charge in [-0.15, -0.1) is 5.10 Å². The molecule has 1 aliphatic carbocycles. The van der Waals surface area contributed by atoms with Crippen molar-refractivity contribution in [1.82, 2.24) is 39.4 Å². The quantitative estimate of drug-likeness (QED) is 0.345. The van der Waals surface area contributed by atoms with E-state index < -0.39 is 11.9 Å². The van der Waals surface area contributed by atoms with E-state index >= 15 is 0 Å². The number of rotatable bonds is 7. The van der Waals surface area contributed by atoms with Gasteiger partial charge in [0.05, 0.1) is 41.5 Å². The summed E-state index contributed by atoms with van der Waals surface area (Å²) >= 11 is 6.42. The van der Waals surface area contributed by atoms with Crippen molar-refractivity contribution < 1.29 is 14.2 Å². The summed E-state index contributed by atoms with van der Waals surface area (Å²) in [5.41, 5.74) is 3.27. The minimum atomic E-state index is -0.839. The first kappa shape index (κ1) is 25.5. The Kier molecular flexibility index (Phi) is 6.80. The molecule has 0 amide bonds. The summed E-state index contributed by atoms with van der Waals surface area (Å²) in [4.78, 5) is 8.32. The summed E-state index contributed by atoms with van der Waals surface area (Å²) in [5.74, 6) is -0.0917. The maximum absolute atomic E-state index is 13.4. The molecule has 1 saturated heterocycles. The number of nitriles is 1. The third-order valence-corrected chi connectivity index (χ3v) is 7.93. The second kappa shape index (κ2) is 10.4. The van der Waals surface area contributed by atoms with Crippen LogP contribution in [0, 0.1) is 24.2 Å². The highest BCUT2D eigenvalue weighted by Gasteiger charge is 2.37. The van der Waals surface area contributed by atoms with E-state index in [1.807, 2.05) is 17.8 Å². The number of halogens is 2. The van der Waals surface area contributed by atoms with Gasteiger partial charge in [-0.05, 0) is 38.0 Å². The van der Waals surface area contributed by atoms with Crippen LogP contribution in [0.15, 0.2) is 36.8 Å². The number of aromatic nitrogens is 6. The molecular weight excluding hydrogens is 525 g/mol. The fraction of sp³-hybridized carbons (Fsp3) is 0.423. The van der Waals surface area contributed by atoms with Crippen LogP contribution in [0.1, 0.15) is 36.4 Å². The van der Waals surface area contributed by atoms with Crippen molar-refractivity contribution in [2.24, 2.45) is 0 Å². The zero-order valence-corrected chi connectivity index (χ0v) is 22.0. The van der Waals surface area contributed by atoms with Crippen LogP contribution in [0.2, 0.25) is 5.02 Å². The van der Waals surface area contributed by atoms with Crippen LogP contribution >= 0.6 is 11.6 Å². The van der Waals surface area contributed by atoms with Gasteiger partial charge in [0.15, 0.2) is 12.3 Å². The molecule has 0 aromatic carbocycles. The van der Waals surface area contributed by atoms with E-state index in [1.165, 1.54) is 18.3 Å². The van der Waals surface area contributed by atoms with Crippen molar-refractivity contribution in [3.05, 3.63) is 59.0 Å². The van der Waals surface area contributed by atoms with E-state index in [0.717, 1.165) is 56.5 Å². The highest BCUT2D eigenvalue weighted by Crippen LogP contribution is 2.39. The normalized spacial score (nSPS) is 20.5. The largest absolute Gasteiger partial charge is 0.479 e. The summed E-state index contributed by atoms with van der Waals surface area (Å²) in [5, 5.41) is 32.8. The second-order valence-corrected chi connectivity index (χ2v) is 10.3. The van der Waals surface area contributed by atoms with Crippen molar-refractivity contribution >= 4 is 17.1 Å². The number of aliphatic hydroxyl groups excluding tert-OH is 1. The SMILES string of the molecule is Cc1c(-c2cc(OC(CO)c3ccc(F)cn3)c3c(Cl)cnn3c2)nnn1C1CC(N2CCN(C#N)CC2)C1. The van der Waals surface area contributed by atoms with Gasteiger partial charge in [-0.1, -0.05) is 16.8 Å². The summed E-state index contributed by atoms with van der Waals surface area (Å²) in [7, 11) is 0. The van der Waals surface area contributed by atoms with Crippen LogP contribution in [-0.4, -0.2) is 83.3 Å². The molecule has 4 aromatic heterocycles. The standard InChI is InChI=1S/C26H27ClFN9O2/c1-16-25(32-33-37(16)20-9-19(10-20)35-6-4-34(15-29)5-7-35)17-8-23(26-21(27)12-31-36(26)13-17)39-24(14-38)22-3-2-18(28)11-30-22/h2-3,8,11-13,19-20,24,38H,4-7,9-10,14H2,1H3. The van der Waals surface area contributed by atoms with E-state index in [-0.39, 0.29) is 12.6 Å². The van der Waals surface area contributed by atoms with E-state index in [4.69, 9.17) is 21.6 Å². The molecule has 1 N–H and O–H groups in total. The molecule has 39 heavy (non-hydrogen) atoms. The Morgan fingerprint density at radius 3 is 2.69 bits per heavy atom. The summed E-state index contributed by atoms with van der Waals surface area (Å²) < 4.78 is 23.1. The number of ether oxygens (including phenoxy) is 1. The van der Waals surface area contributed by atoms with E-state index in [1.54, 1.807) is 15.5 Å². The van der Waals surface area contributed by atoms with E-state index in [2.05, 4.69) is 31.5 Å². The Morgan fingerprint density at radius 1 is 1.21 bits per heavy atom. The molecule has 202 valence electrons.